The molecule has 0 bridgehead atoms. The maximum atomic E-state index is 14.1. The normalized spacial score (nSPS) is 15.2. The van der Waals surface area contributed by atoms with Crippen molar-refractivity contribution in [2.75, 3.05) is 19.8 Å². The molecule has 1 aromatic heterocycles. The smallest absolute Gasteiger partial charge is 0.246 e. The van der Waals surface area contributed by atoms with Crippen molar-refractivity contribution in [3.05, 3.63) is 77.6 Å². The number of ether oxygens (including phenoxy) is 1. The number of carbonyl (C=O) groups excluding carboxylic acids is 6. The number of aryl methyl sites for hydroxylation is 2. The van der Waals surface area contributed by atoms with E-state index in [9.17, 15) is 28.8 Å². The lowest BCUT2D eigenvalue weighted by atomic mass is 9.87. The van der Waals surface area contributed by atoms with Crippen LogP contribution in [0.25, 0.3) is 10.8 Å². The van der Waals surface area contributed by atoms with Gasteiger partial charge in [-0.1, -0.05) is 48.0 Å². The average molecular weight is 758 g/mol. The molecule has 0 radical (unpaired) electrons. The largest absolute Gasteiger partial charge is 0.381 e. The second kappa shape index (κ2) is 20.9. The molecule has 2 aromatic carbocycles. The predicted molar refractivity (Wildman–Crippen MR) is 208 cm³/mol. The van der Waals surface area contributed by atoms with Crippen molar-refractivity contribution < 1.29 is 33.5 Å². The molecule has 0 saturated carbocycles. The van der Waals surface area contributed by atoms with E-state index < -0.39 is 47.7 Å². The molecular weight excluding hydrogens is 702 g/mol. The molecule has 296 valence electrons. The molecule has 1 aliphatic rings. The number of fused-ring (bicyclic) bond motifs is 1. The van der Waals surface area contributed by atoms with Gasteiger partial charge in [0, 0.05) is 76.8 Å². The van der Waals surface area contributed by atoms with E-state index in [1.165, 1.54) is 12.5 Å². The van der Waals surface area contributed by atoms with Gasteiger partial charge in [0.25, 0.3) is 0 Å². The fourth-order valence-corrected chi connectivity index (χ4v) is 6.77. The molecule has 4 rings (SSSR count). The number of rotatable bonds is 20. The van der Waals surface area contributed by atoms with E-state index in [2.05, 4.69) is 55.8 Å². The van der Waals surface area contributed by atoms with Gasteiger partial charge in [-0.15, -0.1) is 0 Å². The maximum Gasteiger partial charge on any atom is 0.246 e. The lowest BCUT2D eigenvalue weighted by Crippen LogP contribution is -2.63. The fraction of sp³-hybridized carbons (Fsp3) is 0.488. The van der Waals surface area contributed by atoms with E-state index in [0.29, 0.717) is 38.6 Å². The van der Waals surface area contributed by atoms with Gasteiger partial charge in [0.05, 0.1) is 6.42 Å². The zero-order valence-corrected chi connectivity index (χ0v) is 32.1. The number of nitrogens with one attached hydrogen (secondary N) is 5. The minimum Gasteiger partial charge on any atom is -0.381 e. The van der Waals surface area contributed by atoms with Crippen molar-refractivity contribution in [1.29, 1.82) is 0 Å². The SMILES string of the molecule is CC(=O)NCCCCC(CC(=O)N[C@@H](CC(N)=O)C(=O)NC(C)Cc1cccnc1)NC(=O)C1(NC(=O)CCc2ccc3cc(C)ccc3c2)CCOCC1. The Morgan fingerprint density at radius 1 is 0.891 bits per heavy atom. The number of benzene rings is 2. The molecule has 55 heavy (non-hydrogen) atoms. The number of carbonyl (C=O) groups is 6. The lowest BCUT2D eigenvalue weighted by Gasteiger charge is -2.37. The summed E-state index contributed by atoms with van der Waals surface area (Å²) in [5, 5.41) is 16.5. The standard InChI is InChI=1S/C41H55N7O7/c1-27-9-12-33-23-30(10-13-32(33)21-27)11-14-37(51)48-41(15-19-55-20-16-41)40(54)46-34(8-4-5-18-44-29(3)49)24-38(52)47-35(25-36(42)50)39(53)45-28(2)22-31-7-6-17-43-26-31/h6-7,9-10,12-13,17,21,23,26,28,34-35H,4-5,8,11,14-16,18-20,22,24-25H2,1-3H3,(H2,42,50)(H,44,49)(H,45,53)(H,46,54)(H,47,52)(H,48,51)/t28?,34?,35-/m0/s1. The zero-order chi connectivity index (χ0) is 39.8. The first kappa shape index (κ1) is 42.4. The highest BCUT2D eigenvalue weighted by atomic mass is 16.5. The quantitative estimate of drug-likeness (QED) is 0.0941. The van der Waals surface area contributed by atoms with Gasteiger partial charge in [0.15, 0.2) is 0 Å². The van der Waals surface area contributed by atoms with E-state index in [1.807, 2.05) is 25.1 Å². The van der Waals surface area contributed by atoms with Crippen molar-refractivity contribution in [2.45, 2.75) is 109 Å². The highest BCUT2D eigenvalue weighted by Gasteiger charge is 2.42. The van der Waals surface area contributed by atoms with Gasteiger partial charge < -0.3 is 37.1 Å². The Balaban J connectivity index is 1.41. The predicted octanol–water partition coefficient (Wildman–Crippen LogP) is 2.43. The second-order valence-corrected chi connectivity index (χ2v) is 14.5. The molecular formula is C41H55N7O7. The van der Waals surface area contributed by atoms with Gasteiger partial charge in [-0.2, -0.15) is 0 Å². The summed E-state index contributed by atoms with van der Waals surface area (Å²) in [6, 6.07) is 13.8. The van der Waals surface area contributed by atoms with Crippen LogP contribution in [-0.2, 0) is 46.3 Å². The van der Waals surface area contributed by atoms with Gasteiger partial charge in [0.2, 0.25) is 35.4 Å². The summed E-state index contributed by atoms with van der Waals surface area (Å²) in [7, 11) is 0. The topological polar surface area (TPSA) is 211 Å². The van der Waals surface area contributed by atoms with Gasteiger partial charge in [0.1, 0.15) is 11.6 Å². The van der Waals surface area contributed by atoms with Crippen molar-refractivity contribution in [3.63, 3.8) is 0 Å². The van der Waals surface area contributed by atoms with Crippen molar-refractivity contribution in [1.82, 2.24) is 31.6 Å². The Kier molecular flexibility index (Phi) is 16.1. The van der Waals surface area contributed by atoms with Crippen LogP contribution in [0.4, 0.5) is 0 Å². The van der Waals surface area contributed by atoms with Crippen LogP contribution in [-0.4, -0.2) is 83.9 Å². The van der Waals surface area contributed by atoms with Crippen molar-refractivity contribution >= 4 is 46.2 Å². The Labute approximate surface area is 322 Å². The number of amides is 6. The molecule has 1 aliphatic heterocycles. The number of hydrogen-bond donors (Lipinski definition) is 6. The Hall–Kier alpha value is -5.37. The summed E-state index contributed by atoms with van der Waals surface area (Å²) in [5.41, 5.74) is 7.29. The van der Waals surface area contributed by atoms with Crippen LogP contribution in [0.1, 0.15) is 81.9 Å². The molecule has 3 atom stereocenters. The van der Waals surface area contributed by atoms with Crippen LogP contribution in [0, 0.1) is 6.92 Å². The van der Waals surface area contributed by atoms with Crippen LogP contribution in [0.2, 0.25) is 0 Å². The van der Waals surface area contributed by atoms with E-state index in [4.69, 9.17) is 10.5 Å². The Morgan fingerprint density at radius 3 is 2.35 bits per heavy atom. The highest BCUT2D eigenvalue weighted by Crippen LogP contribution is 2.23. The molecule has 0 aliphatic carbocycles. The number of pyridine rings is 1. The van der Waals surface area contributed by atoms with E-state index in [0.717, 1.165) is 21.9 Å². The molecule has 14 nitrogen and oxygen atoms in total. The molecule has 2 unspecified atom stereocenters. The first-order chi connectivity index (χ1) is 26.3. The second-order valence-electron chi connectivity index (χ2n) is 14.5. The van der Waals surface area contributed by atoms with Crippen LogP contribution in [0.15, 0.2) is 60.9 Å². The first-order valence-corrected chi connectivity index (χ1v) is 19.0. The molecule has 14 heteroatoms. The van der Waals surface area contributed by atoms with E-state index in [-0.39, 0.29) is 56.8 Å². The molecule has 3 aromatic rings. The zero-order valence-electron chi connectivity index (χ0n) is 32.1. The van der Waals surface area contributed by atoms with Gasteiger partial charge in [-0.3, -0.25) is 33.8 Å². The number of hydrogen-bond acceptors (Lipinski definition) is 8. The van der Waals surface area contributed by atoms with Crippen LogP contribution in [0.5, 0.6) is 0 Å². The molecule has 1 saturated heterocycles. The van der Waals surface area contributed by atoms with Crippen LogP contribution in [0.3, 0.4) is 0 Å². The number of nitrogens with two attached hydrogens (primary N) is 1. The van der Waals surface area contributed by atoms with Gasteiger partial charge >= 0.3 is 0 Å². The third kappa shape index (κ3) is 14.1. The average Bonchev–Trinajstić information content (AvgIpc) is 3.13. The third-order valence-corrected chi connectivity index (χ3v) is 9.69. The van der Waals surface area contributed by atoms with Gasteiger partial charge in [-0.05, 0) is 73.9 Å². The minimum absolute atomic E-state index is 0.161. The van der Waals surface area contributed by atoms with Crippen molar-refractivity contribution in [3.8, 4) is 0 Å². The molecule has 6 amide bonds. The summed E-state index contributed by atoms with van der Waals surface area (Å²) < 4.78 is 5.57. The van der Waals surface area contributed by atoms with Gasteiger partial charge in [-0.25, -0.2) is 0 Å². The summed E-state index contributed by atoms with van der Waals surface area (Å²) in [4.78, 5) is 81.7. The minimum atomic E-state index is -1.25. The summed E-state index contributed by atoms with van der Waals surface area (Å²) >= 11 is 0. The van der Waals surface area contributed by atoms with Crippen LogP contribution < -0.4 is 32.3 Å². The number of unbranched alkanes of at least 4 members (excludes halogenated alkanes) is 1. The Bertz CT molecular complexity index is 1800. The summed E-state index contributed by atoms with van der Waals surface area (Å²) in [6.07, 6.45) is 5.89. The number of aromatic nitrogens is 1. The first-order valence-electron chi connectivity index (χ1n) is 19.0. The maximum absolute atomic E-state index is 14.1. The molecule has 0 spiro atoms. The lowest BCUT2D eigenvalue weighted by molar-refractivity contribution is -0.138. The van der Waals surface area contributed by atoms with Crippen LogP contribution >= 0.6 is 0 Å². The Morgan fingerprint density at radius 2 is 1.64 bits per heavy atom. The monoisotopic (exact) mass is 757 g/mol. The molecule has 7 N–H and O–H groups in total. The summed E-state index contributed by atoms with van der Waals surface area (Å²) in [6.45, 7) is 6.23. The number of nitrogens with zero attached hydrogens (tertiary/aromatic N) is 1. The molecule has 1 fully saturated rings. The fourth-order valence-electron chi connectivity index (χ4n) is 6.77. The van der Waals surface area contributed by atoms with E-state index in [1.54, 1.807) is 25.4 Å². The van der Waals surface area contributed by atoms with Crippen molar-refractivity contribution in [2.24, 2.45) is 5.73 Å². The van der Waals surface area contributed by atoms with E-state index >= 15 is 0 Å². The number of primary amides is 1. The summed E-state index contributed by atoms with van der Waals surface area (Å²) in [5.74, 6) is -2.77. The highest BCUT2D eigenvalue weighted by molar-refractivity contribution is 5.94. The third-order valence-electron chi connectivity index (χ3n) is 9.69. The molecule has 2 heterocycles.